The molecule has 4 rings (SSSR count). The third kappa shape index (κ3) is 4.77. The van der Waals surface area contributed by atoms with Gasteiger partial charge in [0.15, 0.2) is 5.25 Å². The molecule has 0 aliphatic carbocycles. The molecule has 0 bridgehead atoms. The number of para-hydroxylation sites is 2. The van der Waals surface area contributed by atoms with Crippen LogP contribution in [0.4, 0.5) is 11.4 Å². The molecular weight excluding hydrogens is 410 g/mol. The van der Waals surface area contributed by atoms with E-state index in [2.05, 4.69) is 5.32 Å². The van der Waals surface area contributed by atoms with Crippen LogP contribution in [0.1, 0.15) is 31.2 Å². The Hall–Kier alpha value is -2.80. The highest BCUT2D eigenvalue weighted by atomic mass is 32.2. The summed E-state index contributed by atoms with van der Waals surface area (Å²) in [6, 6.07) is 15.0. The molecular formula is C24H27N3O3S. The van der Waals surface area contributed by atoms with Crippen molar-refractivity contribution >= 4 is 40.9 Å². The first kappa shape index (κ1) is 21.4. The zero-order chi connectivity index (χ0) is 21.8. The molecule has 1 N–H and O–H groups in total. The summed E-state index contributed by atoms with van der Waals surface area (Å²) < 4.78 is 0. The van der Waals surface area contributed by atoms with Gasteiger partial charge in [0.25, 0.3) is 5.91 Å². The van der Waals surface area contributed by atoms with Gasteiger partial charge in [-0.25, -0.2) is 0 Å². The minimum atomic E-state index is -0.848. The summed E-state index contributed by atoms with van der Waals surface area (Å²) >= 11 is 1.30. The van der Waals surface area contributed by atoms with Crippen LogP contribution in [0.5, 0.6) is 0 Å². The lowest BCUT2D eigenvalue weighted by molar-refractivity contribution is -0.135. The van der Waals surface area contributed by atoms with Crippen molar-refractivity contribution < 1.29 is 14.4 Å². The van der Waals surface area contributed by atoms with Crippen LogP contribution in [0.2, 0.25) is 0 Å². The van der Waals surface area contributed by atoms with Crippen LogP contribution in [-0.2, 0) is 14.4 Å². The summed E-state index contributed by atoms with van der Waals surface area (Å²) in [6.45, 7) is 3.18. The van der Waals surface area contributed by atoms with Gasteiger partial charge in [0.05, 0.1) is 5.69 Å². The fourth-order valence-electron chi connectivity index (χ4n) is 4.04. The Morgan fingerprint density at radius 1 is 1.00 bits per heavy atom. The molecule has 2 aliphatic rings. The second-order valence-electron chi connectivity index (χ2n) is 7.99. The highest BCUT2D eigenvalue weighted by Gasteiger charge is 2.40. The van der Waals surface area contributed by atoms with E-state index < -0.39 is 5.25 Å². The number of amides is 3. The average molecular weight is 438 g/mol. The number of thioether (sulfide) groups is 1. The Bertz CT molecular complexity index is 986. The molecule has 0 unspecified atom stereocenters. The van der Waals surface area contributed by atoms with Crippen molar-refractivity contribution in [2.45, 2.75) is 42.8 Å². The van der Waals surface area contributed by atoms with Crippen molar-refractivity contribution in [1.29, 1.82) is 0 Å². The molecule has 2 aromatic rings. The van der Waals surface area contributed by atoms with Gasteiger partial charge in [0, 0.05) is 23.7 Å². The van der Waals surface area contributed by atoms with Crippen molar-refractivity contribution in [3.05, 3.63) is 54.1 Å². The maximum absolute atomic E-state index is 13.4. The second kappa shape index (κ2) is 9.56. The lowest BCUT2D eigenvalue weighted by atomic mass is 10.2. The number of fused-ring (bicyclic) bond motifs is 1. The molecule has 1 saturated heterocycles. The highest BCUT2D eigenvalue weighted by molar-refractivity contribution is 8.01. The van der Waals surface area contributed by atoms with Crippen LogP contribution in [0.25, 0.3) is 0 Å². The zero-order valence-corrected chi connectivity index (χ0v) is 18.5. The summed E-state index contributed by atoms with van der Waals surface area (Å²) in [4.78, 5) is 43.6. The molecule has 162 valence electrons. The van der Waals surface area contributed by atoms with Crippen LogP contribution < -0.4 is 10.2 Å². The summed E-state index contributed by atoms with van der Waals surface area (Å²) in [5, 5.41) is 2.04. The minimum Gasteiger partial charge on any atom is -0.341 e. The monoisotopic (exact) mass is 437 g/mol. The lowest BCUT2D eigenvalue weighted by Crippen LogP contribution is -2.51. The van der Waals surface area contributed by atoms with Crippen LogP contribution >= 0.6 is 11.8 Å². The zero-order valence-electron chi connectivity index (χ0n) is 17.7. The van der Waals surface area contributed by atoms with E-state index in [9.17, 15) is 14.4 Å². The first-order chi connectivity index (χ1) is 15.0. The van der Waals surface area contributed by atoms with E-state index in [1.165, 1.54) is 16.7 Å². The van der Waals surface area contributed by atoms with Crippen molar-refractivity contribution in [2.75, 3.05) is 29.9 Å². The molecule has 1 atom stereocenters. The highest BCUT2D eigenvalue weighted by Crippen LogP contribution is 2.39. The Kier molecular flexibility index (Phi) is 6.61. The van der Waals surface area contributed by atoms with Crippen LogP contribution in [-0.4, -0.2) is 47.5 Å². The van der Waals surface area contributed by atoms with Gasteiger partial charge in [0.1, 0.15) is 6.54 Å². The summed E-state index contributed by atoms with van der Waals surface area (Å²) in [6.07, 6.45) is 4.17. The normalized spacial score (nSPS) is 18.9. The number of nitrogens with zero attached hydrogens (tertiary/aromatic N) is 2. The van der Waals surface area contributed by atoms with E-state index in [-0.39, 0.29) is 24.3 Å². The van der Waals surface area contributed by atoms with Crippen molar-refractivity contribution in [3.63, 3.8) is 0 Å². The van der Waals surface area contributed by atoms with E-state index in [0.717, 1.165) is 41.8 Å². The van der Waals surface area contributed by atoms with Gasteiger partial charge in [-0.3, -0.25) is 14.4 Å². The molecule has 0 radical (unpaired) electrons. The maximum Gasteiger partial charge on any atom is 0.250 e. The number of carbonyl (C=O) groups is 3. The predicted molar refractivity (Wildman–Crippen MR) is 123 cm³/mol. The number of nitrogens with one attached hydrogen (secondary N) is 1. The second-order valence-corrected chi connectivity index (χ2v) is 9.14. The fourth-order valence-corrected chi connectivity index (χ4v) is 5.23. The van der Waals surface area contributed by atoms with E-state index in [0.29, 0.717) is 18.8 Å². The number of likely N-dealkylation sites (tertiary alicyclic amines) is 1. The van der Waals surface area contributed by atoms with Crippen molar-refractivity contribution in [3.8, 4) is 0 Å². The lowest BCUT2D eigenvalue weighted by Gasteiger charge is -2.34. The maximum atomic E-state index is 13.4. The number of hydrogen-bond donors (Lipinski definition) is 1. The molecule has 2 heterocycles. The van der Waals surface area contributed by atoms with Crippen LogP contribution in [0, 0.1) is 6.92 Å². The Morgan fingerprint density at radius 2 is 1.68 bits per heavy atom. The number of benzene rings is 2. The smallest absolute Gasteiger partial charge is 0.250 e. The number of hydrogen-bond acceptors (Lipinski definition) is 4. The number of carbonyl (C=O) groups excluding carboxylic acids is 3. The quantitative estimate of drug-likeness (QED) is 0.738. The first-order valence-corrected chi connectivity index (χ1v) is 11.6. The third-order valence-corrected chi connectivity index (χ3v) is 6.99. The van der Waals surface area contributed by atoms with Crippen molar-refractivity contribution in [2.24, 2.45) is 0 Å². The molecule has 6 nitrogen and oxygen atoms in total. The van der Waals surface area contributed by atoms with Crippen LogP contribution in [0.3, 0.4) is 0 Å². The van der Waals surface area contributed by atoms with Gasteiger partial charge < -0.3 is 15.1 Å². The van der Waals surface area contributed by atoms with Gasteiger partial charge in [-0.2, -0.15) is 0 Å². The standard InChI is InChI=1S/C24H27N3O3S/c1-17-10-4-5-11-18(17)25-21(28)16-27-19-12-6-7-13-20(19)31-22(24(27)30)23(29)26-14-8-2-3-9-15-26/h4-7,10-13,22H,2-3,8-9,14-16H2,1H3,(H,25,28)/t22-/m1/s1. The molecule has 7 heteroatoms. The van der Waals surface area contributed by atoms with Crippen molar-refractivity contribution in [1.82, 2.24) is 4.90 Å². The Morgan fingerprint density at radius 3 is 2.42 bits per heavy atom. The number of rotatable bonds is 4. The number of aryl methyl sites for hydroxylation is 1. The molecule has 31 heavy (non-hydrogen) atoms. The predicted octanol–water partition coefficient (Wildman–Crippen LogP) is 3.84. The first-order valence-electron chi connectivity index (χ1n) is 10.8. The van der Waals surface area contributed by atoms with Gasteiger partial charge >= 0.3 is 0 Å². The summed E-state index contributed by atoms with van der Waals surface area (Å²) in [7, 11) is 0. The molecule has 3 amide bonds. The van der Waals surface area contributed by atoms with E-state index in [1.54, 1.807) is 0 Å². The van der Waals surface area contributed by atoms with Crippen LogP contribution in [0.15, 0.2) is 53.4 Å². The Labute approximate surface area is 187 Å². The minimum absolute atomic E-state index is 0.130. The molecule has 2 aliphatic heterocycles. The molecule has 0 saturated carbocycles. The van der Waals surface area contributed by atoms with Gasteiger partial charge in [-0.1, -0.05) is 43.2 Å². The van der Waals surface area contributed by atoms with Gasteiger partial charge in [-0.05, 0) is 43.5 Å². The Balaban J connectivity index is 1.55. The molecule has 2 aromatic carbocycles. The van der Waals surface area contributed by atoms with E-state index in [4.69, 9.17) is 0 Å². The van der Waals surface area contributed by atoms with Gasteiger partial charge in [0.2, 0.25) is 11.8 Å². The summed E-state index contributed by atoms with van der Waals surface area (Å²) in [5.74, 6) is -0.751. The third-order valence-electron chi connectivity index (χ3n) is 5.75. The average Bonchev–Trinajstić information content (AvgIpc) is 3.06. The van der Waals surface area contributed by atoms with Gasteiger partial charge in [-0.15, -0.1) is 11.8 Å². The topological polar surface area (TPSA) is 69.7 Å². The largest absolute Gasteiger partial charge is 0.341 e. The number of anilines is 2. The molecule has 0 aromatic heterocycles. The SMILES string of the molecule is Cc1ccccc1NC(=O)CN1C(=O)[C@@H](C(=O)N2CCCCCC2)Sc2ccccc21. The molecule has 1 fully saturated rings. The fraction of sp³-hybridized carbons (Fsp3) is 0.375. The summed E-state index contributed by atoms with van der Waals surface area (Å²) in [5.41, 5.74) is 2.35. The molecule has 0 spiro atoms. The van der Waals surface area contributed by atoms with E-state index >= 15 is 0 Å². The van der Waals surface area contributed by atoms with E-state index in [1.807, 2.05) is 60.4 Å².